The van der Waals surface area contributed by atoms with Crippen LogP contribution in [0.2, 0.25) is 0 Å². The van der Waals surface area contributed by atoms with E-state index in [0.29, 0.717) is 0 Å². The lowest BCUT2D eigenvalue weighted by Crippen LogP contribution is -2.24. The lowest BCUT2D eigenvalue weighted by atomic mass is 9.98. The Hall–Kier alpha value is -1.24. The Kier molecular flexibility index (Phi) is 3.75. The summed E-state index contributed by atoms with van der Waals surface area (Å²) in [4.78, 5) is 0. The van der Waals surface area contributed by atoms with Gasteiger partial charge in [-0.3, -0.25) is 0 Å². The molecule has 1 rings (SSSR count). The van der Waals surface area contributed by atoms with Crippen LogP contribution in [0.3, 0.4) is 0 Å². The molecule has 0 N–H and O–H groups in total. The van der Waals surface area contributed by atoms with E-state index < -0.39 is 0 Å². The van der Waals surface area contributed by atoms with Crippen LogP contribution in [0.1, 0.15) is 26.3 Å². The Balaban J connectivity index is 2.59. The molecule has 0 spiro atoms. The molecule has 0 unspecified atom stereocenters. The molecule has 0 aliphatic carbocycles. The van der Waals surface area contributed by atoms with Gasteiger partial charge in [0.1, 0.15) is 5.60 Å². The quantitative estimate of drug-likeness (QED) is 0.660. The Bertz CT molecular complexity index is 285. The van der Waals surface area contributed by atoms with E-state index in [1.807, 2.05) is 19.1 Å². The molecule has 0 aromatic heterocycles. The molecule has 0 amide bonds. The first-order valence-electron chi connectivity index (χ1n) is 4.97. The van der Waals surface area contributed by atoms with Gasteiger partial charge in [-0.05, 0) is 26.3 Å². The maximum absolute atomic E-state index is 5.60. The van der Waals surface area contributed by atoms with Gasteiger partial charge in [0.25, 0.3) is 0 Å². The number of benzene rings is 1. The summed E-state index contributed by atoms with van der Waals surface area (Å²) in [6.45, 7) is 6.15. The molecule has 1 aromatic rings. The fourth-order valence-electron chi connectivity index (χ4n) is 1.38. The second-order valence-corrected chi connectivity index (χ2v) is 4.01. The second kappa shape index (κ2) is 4.85. The van der Waals surface area contributed by atoms with Crippen LogP contribution in [-0.2, 0) is 11.2 Å². The molecule has 1 heteroatoms. The van der Waals surface area contributed by atoms with Crippen molar-refractivity contribution >= 4 is 0 Å². The summed E-state index contributed by atoms with van der Waals surface area (Å²) in [6, 6.07) is 10.4. The minimum absolute atomic E-state index is 0.131. The SMILES string of the molecule is CC=COC(C)(C)Cc1ccccc1. The molecule has 0 saturated carbocycles. The van der Waals surface area contributed by atoms with Crippen molar-refractivity contribution in [3.05, 3.63) is 48.2 Å². The molecule has 0 fully saturated rings. The van der Waals surface area contributed by atoms with E-state index in [1.54, 1.807) is 6.26 Å². The maximum atomic E-state index is 5.60. The number of hydrogen-bond acceptors (Lipinski definition) is 1. The summed E-state index contributed by atoms with van der Waals surface area (Å²) in [5, 5.41) is 0. The molecular formula is C13H18O. The summed E-state index contributed by atoms with van der Waals surface area (Å²) in [5.74, 6) is 0. The zero-order valence-corrected chi connectivity index (χ0v) is 9.16. The van der Waals surface area contributed by atoms with Crippen molar-refractivity contribution in [3.63, 3.8) is 0 Å². The Morgan fingerprint density at radius 1 is 1.21 bits per heavy atom. The number of rotatable bonds is 4. The predicted octanol–water partition coefficient (Wildman–Crippen LogP) is 3.56. The minimum Gasteiger partial charge on any atom is -0.495 e. The molecule has 14 heavy (non-hydrogen) atoms. The highest BCUT2D eigenvalue weighted by Crippen LogP contribution is 2.16. The Morgan fingerprint density at radius 3 is 2.43 bits per heavy atom. The van der Waals surface area contributed by atoms with E-state index in [1.165, 1.54) is 5.56 Å². The minimum atomic E-state index is -0.131. The molecule has 0 saturated heterocycles. The van der Waals surface area contributed by atoms with Crippen molar-refractivity contribution < 1.29 is 4.74 Å². The first-order valence-corrected chi connectivity index (χ1v) is 4.97. The standard InChI is InChI=1S/C13H18O/c1-4-10-14-13(2,3)11-12-8-6-5-7-9-12/h4-10H,11H2,1-3H3. The number of ether oxygens (including phenoxy) is 1. The van der Waals surface area contributed by atoms with Crippen molar-refractivity contribution in [2.45, 2.75) is 32.8 Å². The van der Waals surface area contributed by atoms with Crippen LogP contribution in [0.4, 0.5) is 0 Å². The van der Waals surface area contributed by atoms with E-state index in [2.05, 4.69) is 38.1 Å². The maximum Gasteiger partial charge on any atom is 0.107 e. The van der Waals surface area contributed by atoms with Crippen molar-refractivity contribution in [2.75, 3.05) is 0 Å². The third kappa shape index (κ3) is 3.65. The Labute approximate surface area is 86.4 Å². The van der Waals surface area contributed by atoms with Gasteiger partial charge in [0.05, 0.1) is 6.26 Å². The Morgan fingerprint density at radius 2 is 1.86 bits per heavy atom. The van der Waals surface area contributed by atoms with E-state index in [4.69, 9.17) is 4.74 Å². The molecule has 0 aliphatic rings. The van der Waals surface area contributed by atoms with Gasteiger partial charge in [-0.15, -0.1) is 0 Å². The van der Waals surface area contributed by atoms with E-state index >= 15 is 0 Å². The zero-order chi connectivity index (χ0) is 10.4. The summed E-state index contributed by atoms with van der Waals surface area (Å²) in [7, 11) is 0. The van der Waals surface area contributed by atoms with Gasteiger partial charge in [0.2, 0.25) is 0 Å². The molecule has 76 valence electrons. The number of allylic oxidation sites excluding steroid dienone is 1. The second-order valence-electron chi connectivity index (χ2n) is 4.01. The van der Waals surface area contributed by atoms with Crippen molar-refractivity contribution in [1.29, 1.82) is 0 Å². The third-order valence-corrected chi connectivity index (χ3v) is 2.00. The van der Waals surface area contributed by atoms with Gasteiger partial charge in [0, 0.05) is 6.42 Å². The van der Waals surface area contributed by atoms with Gasteiger partial charge in [0.15, 0.2) is 0 Å². The largest absolute Gasteiger partial charge is 0.495 e. The highest BCUT2D eigenvalue weighted by atomic mass is 16.5. The topological polar surface area (TPSA) is 9.23 Å². The first-order chi connectivity index (χ1) is 6.64. The van der Waals surface area contributed by atoms with Gasteiger partial charge >= 0.3 is 0 Å². The fraction of sp³-hybridized carbons (Fsp3) is 0.385. The average molecular weight is 190 g/mol. The molecule has 1 aromatic carbocycles. The fourth-order valence-corrected chi connectivity index (χ4v) is 1.38. The molecule has 0 radical (unpaired) electrons. The molecular weight excluding hydrogens is 172 g/mol. The molecule has 1 nitrogen and oxygen atoms in total. The van der Waals surface area contributed by atoms with Crippen molar-refractivity contribution in [1.82, 2.24) is 0 Å². The lowest BCUT2D eigenvalue weighted by molar-refractivity contribution is 0.0580. The van der Waals surface area contributed by atoms with Crippen LogP contribution in [0.15, 0.2) is 42.7 Å². The monoisotopic (exact) mass is 190 g/mol. The van der Waals surface area contributed by atoms with E-state index in [9.17, 15) is 0 Å². The van der Waals surface area contributed by atoms with Gasteiger partial charge in [-0.1, -0.05) is 36.4 Å². The third-order valence-electron chi connectivity index (χ3n) is 2.00. The van der Waals surface area contributed by atoms with Crippen molar-refractivity contribution in [3.8, 4) is 0 Å². The van der Waals surface area contributed by atoms with Crippen LogP contribution >= 0.6 is 0 Å². The van der Waals surface area contributed by atoms with Crippen LogP contribution in [0.25, 0.3) is 0 Å². The highest BCUT2D eigenvalue weighted by molar-refractivity contribution is 5.16. The lowest BCUT2D eigenvalue weighted by Gasteiger charge is -2.24. The summed E-state index contributed by atoms with van der Waals surface area (Å²) >= 11 is 0. The predicted molar refractivity (Wildman–Crippen MR) is 60.1 cm³/mol. The normalized spacial score (nSPS) is 11.9. The number of hydrogen-bond donors (Lipinski definition) is 0. The van der Waals surface area contributed by atoms with Crippen molar-refractivity contribution in [2.24, 2.45) is 0 Å². The smallest absolute Gasteiger partial charge is 0.107 e. The van der Waals surface area contributed by atoms with Gasteiger partial charge in [-0.25, -0.2) is 0 Å². The molecule has 0 aliphatic heterocycles. The zero-order valence-electron chi connectivity index (χ0n) is 9.16. The summed E-state index contributed by atoms with van der Waals surface area (Å²) < 4.78 is 5.60. The average Bonchev–Trinajstić information content (AvgIpc) is 2.16. The summed E-state index contributed by atoms with van der Waals surface area (Å²) in [5.41, 5.74) is 1.18. The first kappa shape index (κ1) is 10.8. The van der Waals surface area contributed by atoms with Gasteiger partial charge < -0.3 is 4.74 Å². The van der Waals surface area contributed by atoms with Crippen LogP contribution in [0.5, 0.6) is 0 Å². The van der Waals surface area contributed by atoms with Crippen LogP contribution in [0, 0.1) is 0 Å². The van der Waals surface area contributed by atoms with Crippen LogP contribution < -0.4 is 0 Å². The molecule has 0 atom stereocenters. The molecule has 0 bridgehead atoms. The van der Waals surface area contributed by atoms with E-state index in [0.717, 1.165) is 6.42 Å². The van der Waals surface area contributed by atoms with E-state index in [-0.39, 0.29) is 5.60 Å². The molecule has 0 heterocycles. The van der Waals surface area contributed by atoms with Gasteiger partial charge in [-0.2, -0.15) is 0 Å². The van der Waals surface area contributed by atoms with Crippen LogP contribution in [-0.4, -0.2) is 5.60 Å². The highest BCUT2D eigenvalue weighted by Gasteiger charge is 2.17. The summed E-state index contributed by atoms with van der Waals surface area (Å²) in [6.07, 6.45) is 4.59.